The first-order chi connectivity index (χ1) is 12.5. The molecule has 1 amide bonds. The van der Waals surface area contributed by atoms with Gasteiger partial charge in [-0.3, -0.25) is 9.48 Å². The molecule has 2 aromatic heterocycles. The molecular formula is C19H23N5O2. The molecule has 0 unspecified atom stereocenters. The predicted octanol–water partition coefficient (Wildman–Crippen LogP) is 3.13. The van der Waals surface area contributed by atoms with Crippen LogP contribution >= 0.6 is 0 Å². The highest BCUT2D eigenvalue weighted by atomic mass is 16.5. The maximum absolute atomic E-state index is 12.2. The standard InChI is InChI=1S/C19H23N5O2/c1-12(24-15(4)13(2)14(3)22-24)10-18(25)20-11-17-21-19(26-23-17)16-8-6-5-7-9-16/h5-9,12H,10-11H2,1-4H3,(H,20,25)/t12-/m1/s1. The van der Waals surface area contributed by atoms with Crippen LogP contribution in [0.25, 0.3) is 11.5 Å². The molecule has 26 heavy (non-hydrogen) atoms. The quantitative estimate of drug-likeness (QED) is 0.736. The van der Waals surface area contributed by atoms with Crippen LogP contribution in [0.1, 0.15) is 42.2 Å². The first-order valence-corrected chi connectivity index (χ1v) is 8.62. The summed E-state index contributed by atoms with van der Waals surface area (Å²) in [5.41, 5.74) is 4.10. The molecule has 0 aliphatic heterocycles. The van der Waals surface area contributed by atoms with E-state index in [0.717, 1.165) is 22.5 Å². The molecule has 1 N–H and O–H groups in total. The van der Waals surface area contributed by atoms with Gasteiger partial charge in [-0.15, -0.1) is 0 Å². The van der Waals surface area contributed by atoms with Gasteiger partial charge in [0.05, 0.1) is 18.3 Å². The number of nitrogens with zero attached hydrogens (tertiary/aromatic N) is 4. The van der Waals surface area contributed by atoms with Crippen LogP contribution in [-0.4, -0.2) is 25.8 Å². The summed E-state index contributed by atoms with van der Waals surface area (Å²) < 4.78 is 7.15. The van der Waals surface area contributed by atoms with E-state index in [1.165, 1.54) is 0 Å². The average Bonchev–Trinajstić information content (AvgIpc) is 3.21. The van der Waals surface area contributed by atoms with Crippen LogP contribution in [0.5, 0.6) is 0 Å². The third-order valence-corrected chi connectivity index (χ3v) is 4.52. The van der Waals surface area contributed by atoms with Gasteiger partial charge in [0.2, 0.25) is 5.91 Å². The van der Waals surface area contributed by atoms with Crippen molar-refractivity contribution >= 4 is 5.91 Å². The van der Waals surface area contributed by atoms with Gasteiger partial charge >= 0.3 is 0 Å². The maximum atomic E-state index is 12.2. The van der Waals surface area contributed by atoms with Crippen LogP contribution < -0.4 is 5.32 Å². The highest BCUT2D eigenvalue weighted by molar-refractivity contribution is 5.76. The minimum Gasteiger partial charge on any atom is -0.349 e. The molecule has 7 nitrogen and oxygen atoms in total. The zero-order valence-corrected chi connectivity index (χ0v) is 15.5. The molecule has 0 aliphatic rings. The second kappa shape index (κ2) is 7.51. The first-order valence-electron chi connectivity index (χ1n) is 8.62. The van der Waals surface area contributed by atoms with Gasteiger partial charge in [-0.05, 0) is 45.4 Å². The number of hydrogen-bond donors (Lipinski definition) is 1. The minimum absolute atomic E-state index is 0.0208. The highest BCUT2D eigenvalue weighted by Crippen LogP contribution is 2.19. The normalized spacial score (nSPS) is 12.2. The number of amides is 1. The number of aromatic nitrogens is 4. The topological polar surface area (TPSA) is 85.8 Å². The second-order valence-corrected chi connectivity index (χ2v) is 6.45. The van der Waals surface area contributed by atoms with E-state index in [2.05, 4.69) is 20.6 Å². The molecular weight excluding hydrogens is 330 g/mol. The summed E-state index contributed by atoms with van der Waals surface area (Å²) in [6, 6.07) is 9.51. The Balaban J connectivity index is 1.56. The fourth-order valence-corrected chi connectivity index (χ4v) is 2.80. The van der Waals surface area contributed by atoms with E-state index in [9.17, 15) is 4.79 Å². The molecule has 0 radical (unpaired) electrons. The van der Waals surface area contributed by atoms with Crippen molar-refractivity contribution in [1.29, 1.82) is 0 Å². The molecule has 2 heterocycles. The van der Waals surface area contributed by atoms with Crippen molar-refractivity contribution in [1.82, 2.24) is 25.2 Å². The number of nitrogens with one attached hydrogen (secondary N) is 1. The van der Waals surface area contributed by atoms with Crippen LogP contribution in [0.15, 0.2) is 34.9 Å². The van der Waals surface area contributed by atoms with Gasteiger partial charge in [-0.2, -0.15) is 10.1 Å². The van der Waals surface area contributed by atoms with Crippen LogP contribution in [-0.2, 0) is 11.3 Å². The Labute approximate surface area is 152 Å². The largest absolute Gasteiger partial charge is 0.349 e. The molecule has 0 bridgehead atoms. The fraction of sp³-hybridized carbons (Fsp3) is 0.368. The van der Waals surface area contributed by atoms with Crippen LogP contribution in [0, 0.1) is 20.8 Å². The molecule has 3 aromatic rings. The van der Waals surface area contributed by atoms with Crippen LogP contribution in [0.2, 0.25) is 0 Å². The van der Waals surface area contributed by atoms with Gasteiger partial charge in [-0.25, -0.2) is 0 Å². The monoisotopic (exact) mass is 353 g/mol. The smallest absolute Gasteiger partial charge is 0.257 e. The van der Waals surface area contributed by atoms with Crippen molar-refractivity contribution in [3.63, 3.8) is 0 Å². The van der Waals surface area contributed by atoms with E-state index >= 15 is 0 Å². The number of carbonyl (C=O) groups is 1. The van der Waals surface area contributed by atoms with Crippen molar-refractivity contribution in [3.05, 3.63) is 53.1 Å². The summed E-state index contributed by atoms with van der Waals surface area (Å²) in [5.74, 6) is 0.821. The Kier molecular flexibility index (Phi) is 5.16. The number of carbonyl (C=O) groups excluding carboxylic acids is 1. The third kappa shape index (κ3) is 3.82. The van der Waals surface area contributed by atoms with Crippen molar-refractivity contribution in [2.24, 2.45) is 0 Å². The van der Waals surface area contributed by atoms with E-state index in [1.54, 1.807) is 0 Å². The minimum atomic E-state index is -0.0752. The number of benzene rings is 1. The van der Waals surface area contributed by atoms with Crippen LogP contribution in [0.4, 0.5) is 0 Å². The van der Waals surface area contributed by atoms with E-state index in [4.69, 9.17) is 4.52 Å². The lowest BCUT2D eigenvalue weighted by Gasteiger charge is -2.14. The zero-order chi connectivity index (χ0) is 18.7. The average molecular weight is 353 g/mol. The Morgan fingerprint density at radius 1 is 1.23 bits per heavy atom. The summed E-state index contributed by atoms with van der Waals surface area (Å²) in [4.78, 5) is 16.6. The van der Waals surface area contributed by atoms with E-state index in [0.29, 0.717) is 18.1 Å². The second-order valence-electron chi connectivity index (χ2n) is 6.45. The molecule has 1 atom stereocenters. The van der Waals surface area contributed by atoms with Gasteiger partial charge in [-0.1, -0.05) is 23.4 Å². The summed E-state index contributed by atoms with van der Waals surface area (Å²) in [5, 5.41) is 11.3. The molecule has 7 heteroatoms. The van der Waals surface area contributed by atoms with Gasteiger partial charge in [0.1, 0.15) is 0 Å². The summed E-state index contributed by atoms with van der Waals surface area (Å²) >= 11 is 0. The van der Waals surface area contributed by atoms with Gasteiger partial charge in [0.15, 0.2) is 5.82 Å². The predicted molar refractivity (Wildman–Crippen MR) is 97.3 cm³/mol. The molecule has 0 aliphatic carbocycles. The summed E-state index contributed by atoms with van der Waals surface area (Å²) in [7, 11) is 0. The number of hydrogen-bond acceptors (Lipinski definition) is 5. The molecule has 0 fully saturated rings. The van der Waals surface area contributed by atoms with E-state index < -0.39 is 0 Å². The van der Waals surface area contributed by atoms with Gasteiger partial charge in [0, 0.05) is 17.7 Å². The Morgan fingerprint density at radius 3 is 2.62 bits per heavy atom. The number of rotatable bonds is 6. The molecule has 0 saturated carbocycles. The third-order valence-electron chi connectivity index (χ3n) is 4.52. The lowest BCUT2D eigenvalue weighted by atomic mass is 10.2. The van der Waals surface area contributed by atoms with Crippen molar-refractivity contribution in [2.75, 3.05) is 0 Å². The van der Waals surface area contributed by atoms with Crippen LogP contribution in [0.3, 0.4) is 0 Å². The Bertz CT molecular complexity index is 898. The lowest BCUT2D eigenvalue weighted by molar-refractivity contribution is -0.122. The highest BCUT2D eigenvalue weighted by Gasteiger charge is 2.17. The van der Waals surface area contributed by atoms with E-state index in [1.807, 2.05) is 62.7 Å². The summed E-state index contributed by atoms with van der Waals surface area (Å²) in [6.07, 6.45) is 0.338. The molecule has 0 saturated heterocycles. The van der Waals surface area contributed by atoms with Gasteiger partial charge < -0.3 is 9.84 Å². The molecule has 3 rings (SSSR count). The Hall–Kier alpha value is -2.96. The maximum Gasteiger partial charge on any atom is 0.257 e. The number of aryl methyl sites for hydroxylation is 1. The molecule has 0 spiro atoms. The first kappa shape index (κ1) is 17.8. The van der Waals surface area contributed by atoms with Crippen molar-refractivity contribution in [2.45, 2.75) is 46.7 Å². The molecule has 1 aromatic carbocycles. The van der Waals surface area contributed by atoms with Crippen molar-refractivity contribution < 1.29 is 9.32 Å². The fourth-order valence-electron chi connectivity index (χ4n) is 2.80. The van der Waals surface area contributed by atoms with Gasteiger partial charge in [0.25, 0.3) is 5.89 Å². The van der Waals surface area contributed by atoms with E-state index in [-0.39, 0.29) is 18.5 Å². The summed E-state index contributed by atoms with van der Waals surface area (Å²) in [6.45, 7) is 8.26. The molecule has 136 valence electrons. The SMILES string of the molecule is Cc1nn([C@H](C)CC(=O)NCc2noc(-c3ccccc3)n2)c(C)c1C. The Morgan fingerprint density at radius 2 is 1.96 bits per heavy atom. The van der Waals surface area contributed by atoms with Crippen molar-refractivity contribution in [3.8, 4) is 11.5 Å². The zero-order valence-electron chi connectivity index (χ0n) is 15.5. The lowest BCUT2D eigenvalue weighted by Crippen LogP contribution is -2.26.